The molecule has 3 heteroatoms. The molecule has 0 radical (unpaired) electrons. The van der Waals surface area contributed by atoms with Gasteiger partial charge in [-0.2, -0.15) is 0 Å². The van der Waals surface area contributed by atoms with Crippen LogP contribution >= 0.6 is 0 Å². The molecule has 3 nitrogen and oxygen atoms in total. The van der Waals surface area contributed by atoms with Gasteiger partial charge >= 0.3 is 0 Å². The zero-order valence-electron chi connectivity index (χ0n) is 39.1. The van der Waals surface area contributed by atoms with E-state index in [4.69, 9.17) is 0 Å². The third kappa shape index (κ3) is 8.43. The lowest BCUT2D eigenvalue weighted by Gasteiger charge is -2.26. The van der Waals surface area contributed by atoms with Crippen LogP contribution in [0, 0.1) is 0 Å². The molecule has 332 valence electrons. The van der Waals surface area contributed by atoms with Gasteiger partial charge in [0.2, 0.25) is 0 Å². The number of fused-ring (bicyclic) bond motifs is 7. The van der Waals surface area contributed by atoms with Crippen LogP contribution in [0.25, 0.3) is 88.4 Å². The van der Waals surface area contributed by atoms with Crippen molar-refractivity contribution in [3.05, 3.63) is 274 Å². The summed E-state index contributed by atoms with van der Waals surface area (Å²) in [5, 5.41) is 4.99. The molecular formula is C66H53N3. The molecule has 0 unspecified atom stereocenters. The van der Waals surface area contributed by atoms with Gasteiger partial charge in [0.25, 0.3) is 0 Å². The van der Waals surface area contributed by atoms with E-state index in [1.165, 1.54) is 77.0 Å². The summed E-state index contributed by atoms with van der Waals surface area (Å²) in [5.41, 5.74) is 17.6. The fourth-order valence-corrected chi connectivity index (χ4v) is 9.55. The lowest BCUT2D eigenvalue weighted by molar-refractivity contribution is 1.17. The first-order valence-corrected chi connectivity index (χ1v) is 23.7. The van der Waals surface area contributed by atoms with Crippen molar-refractivity contribution in [2.24, 2.45) is 0 Å². The van der Waals surface area contributed by atoms with Crippen molar-refractivity contribution in [1.29, 1.82) is 0 Å². The molecule has 0 amide bonds. The van der Waals surface area contributed by atoms with Gasteiger partial charge in [-0.15, -0.1) is 0 Å². The third-order valence-corrected chi connectivity index (χ3v) is 12.7. The van der Waals surface area contributed by atoms with E-state index in [1.807, 2.05) is 13.8 Å². The first kappa shape index (κ1) is 43.9. The second-order valence-electron chi connectivity index (χ2n) is 16.6. The smallest absolute Gasteiger partial charge is 0.0641 e. The molecule has 0 aliphatic rings. The van der Waals surface area contributed by atoms with Crippen LogP contribution in [0.15, 0.2) is 274 Å². The number of nitrogens with zero attached hydrogens (tertiary/aromatic N) is 3. The minimum Gasteiger partial charge on any atom is -0.311 e. The van der Waals surface area contributed by atoms with Gasteiger partial charge in [0.05, 0.1) is 22.1 Å². The van der Waals surface area contributed by atoms with E-state index in [1.54, 1.807) is 12.2 Å². The maximum absolute atomic E-state index is 3.36. The molecule has 0 fully saturated rings. The average Bonchev–Trinajstić information content (AvgIpc) is 3.96. The molecule has 0 atom stereocenters. The minimum absolute atomic E-state index is 1.11. The summed E-state index contributed by atoms with van der Waals surface area (Å²) in [6.45, 7) is 10.7. The molecule has 12 rings (SSSR count). The van der Waals surface area contributed by atoms with E-state index < -0.39 is 0 Å². The molecule has 2 aromatic heterocycles. The molecule has 12 aromatic rings. The molecule has 0 spiro atoms. The monoisotopic (exact) mass is 887 g/mol. The van der Waals surface area contributed by atoms with Crippen molar-refractivity contribution in [3.8, 4) is 44.8 Å². The Morgan fingerprint density at radius 2 is 0.667 bits per heavy atom. The fourth-order valence-electron chi connectivity index (χ4n) is 9.55. The van der Waals surface area contributed by atoms with E-state index in [0.717, 1.165) is 28.4 Å². The summed E-state index contributed by atoms with van der Waals surface area (Å²) in [6, 6.07) is 89.9. The number of benzene rings is 10. The number of hydrogen-bond donors (Lipinski definition) is 0. The Balaban J connectivity index is 0.000000879. The van der Waals surface area contributed by atoms with Gasteiger partial charge in [0.1, 0.15) is 0 Å². The van der Waals surface area contributed by atoms with Crippen LogP contribution in [0.2, 0.25) is 0 Å². The fraction of sp³-hybridized carbons (Fsp3) is 0.0303. The summed E-state index contributed by atoms with van der Waals surface area (Å²) in [7, 11) is 0. The Labute approximate surface area is 405 Å². The molecule has 10 aromatic carbocycles. The maximum atomic E-state index is 3.36. The second-order valence-corrected chi connectivity index (χ2v) is 16.6. The maximum Gasteiger partial charge on any atom is 0.0641 e. The molecule has 0 saturated heterocycles. The van der Waals surface area contributed by atoms with Gasteiger partial charge in [0, 0.05) is 50.0 Å². The lowest BCUT2D eigenvalue weighted by atomic mass is 10.0. The van der Waals surface area contributed by atoms with Gasteiger partial charge in [-0.3, -0.25) is 0 Å². The van der Waals surface area contributed by atoms with Gasteiger partial charge < -0.3 is 14.0 Å². The Kier molecular flexibility index (Phi) is 12.7. The Bertz CT molecular complexity index is 3650. The number of rotatable bonds is 9. The Hall–Kier alpha value is -8.92. The van der Waals surface area contributed by atoms with Gasteiger partial charge in [-0.1, -0.05) is 209 Å². The van der Waals surface area contributed by atoms with E-state index in [0.29, 0.717) is 0 Å². The zero-order chi connectivity index (χ0) is 47.1. The van der Waals surface area contributed by atoms with Crippen molar-refractivity contribution >= 4 is 60.7 Å². The first-order chi connectivity index (χ1) is 34.2. The molecule has 69 heavy (non-hydrogen) atoms. The first-order valence-electron chi connectivity index (χ1n) is 23.7. The van der Waals surface area contributed by atoms with E-state index in [-0.39, 0.29) is 0 Å². The van der Waals surface area contributed by atoms with Crippen molar-refractivity contribution in [1.82, 2.24) is 9.13 Å². The second kappa shape index (κ2) is 19.9. The highest BCUT2D eigenvalue weighted by Gasteiger charge is 2.21. The van der Waals surface area contributed by atoms with E-state index >= 15 is 0 Å². The van der Waals surface area contributed by atoms with Crippen molar-refractivity contribution in [2.45, 2.75) is 13.8 Å². The average molecular weight is 888 g/mol. The minimum atomic E-state index is 1.11. The van der Waals surface area contributed by atoms with Crippen LogP contribution in [0.1, 0.15) is 13.8 Å². The highest BCUT2D eigenvalue weighted by molar-refractivity contribution is 6.26. The number of para-hydroxylation sites is 3. The summed E-state index contributed by atoms with van der Waals surface area (Å²) >= 11 is 0. The lowest BCUT2D eigenvalue weighted by Crippen LogP contribution is -2.09. The number of aromatic nitrogens is 2. The number of anilines is 3. The summed E-state index contributed by atoms with van der Waals surface area (Å²) in [5.74, 6) is 0. The number of hydrogen-bond acceptors (Lipinski definition) is 1. The normalized spacial score (nSPS) is 10.9. The predicted molar refractivity (Wildman–Crippen MR) is 298 cm³/mol. The Morgan fingerprint density at radius 3 is 1.14 bits per heavy atom. The molecule has 0 aliphatic heterocycles. The van der Waals surface area contributed by atoms with Gasteiger partial charge in [-0.25, -0.2) is 0 Å². The largest absolute Gasteiger partial charge is 0.311 e. The summed E-state index contributed by atoms with van der Waals surface area (Å²) in [4.78, 5) is 2.32. The third-order valence-electron chi connectivity index (χ3n) is 12.7. The van der Waals surface area contributed by atoms with Crippen molar-refractivity contribution in [3.63, 3.8) is 0 Å². The van der Waals surface area contributed by atoms with E-state index in [2.05, 4.69) is 276 Å². The number of allylic oxidation sites excluding steroid dienone is 2. The highest BCUT2D eigenvalue weighted by atomic mass is 15.1. The van der Waals surface area contributed by atoms with Crippen LogP contribution in [0.4, 0.5) is 17.1 Å². The van der Waals surface area contributed by atoms with Gasteiger partial charge in [0.15, 0.2) is 0 Å². The SMILES string of the molecule is C=CC=C.CC.c1ccc(-c2ccc(N(c3ccccc3)c3ccc(-c4ccc(-n5c6ccccc6c6ccc7c(c8ccccc8n7-c7ccc(-c8ccccc8)cc7)c65)cc4)cc3)cc2)cc1. The Morgan fingerprint density at radius 1 is 0.304 bits per heavy atom. The quantitative estimate of drug-likeness (QED) is 0.132. The molecule has 0 aliphatic carbocycles. The zero-order valence-corrected chi connectivity index (χ0v) is 39.1. The van der Waals surface area contributed by atoms with Crippen LogP contribution in [-0.4, -0.2) is 9.13 Å². The van der Waals surface area contributed by atoms with Crippen LogP contribution in [0.5, 0.6) is 0 Å². The molecule has 0 bridgehead atoms. The van der Waals surface area contributed by atoms with Gasteiger partial charge in [-0.05, 0) is 112 Å². The van der Waals surface area contributed by atoms with Crippen LogP contribution in [0.3, 0.4) is 0 Å². The summed E-state index contributed by atoms with van der Waals surface area (Å²) in [6.07, 6.45) is 3.28. The van der Waals surface area contributed by atoms with Crippen molar-refractivity contribution < 1.29 is 0 Å². The molecule has 0 saturated carbocycles. The van der Waals surface area contributed by atoms with E-state index in [9.17, 15) is 0 Å². The molecular weight excluding hydrogens is 835 g/mol. The highest BCUT2D eigenvalue weighted by Crippen LogP contribution is 2.43. The molecule has 2 heterocycles. The molecule has 0 N–H and O–H groups in total. The summed E-state index contributed by atoms with van der Waals surface area (Å²) < 4.78 is 4.89. The van der Waals surface area contributed by atoms with Crippen molar-refractivity contribution in [2.75, 3.05) is 4.90 Å². The predicted octanol–water partition coefficient (Wildman–Crippen LogP) is 18.7. The topological polar surface area (TPSA) is 13.1 Å². The van der Waals surface area contributed by atoms with Crippen LogP contribution in [-0.2, 0) is 0 Å². The van der Waals surface area contributed by atoms with Crippen LogP contribution < -0.4 is 4.90 Å². The standard InChI is InChI=1S/C60H41N3.C4H6.C2H6/c1-4-14-42(15-5-1)44-24-32-49(33-25-44)61(48-18-8-3-9-19-48)50-34-26-46(27-35-50)47-30-38-52(39-31-47)63-56-22-12-10-20-53(56)54-40-41-58-59(60(54)63)55-21-11-13-23-57(55)62(58)51-36-28-45(29-37-51)43-16-6-2-7-17-43;1-3-4-2;1-2/h1-41H;3-4H,1-2H2;1-2H3.